The Morgan fingerprint density at radius 3 is 2.53 bits per heavy atom. The van der Waals surface area contributed by atoms with E-state index >= 15 is 0 Å². The van der Waals surface area contributed by atoms with Crippen LogP contribution in [-0.2, 0) is 6.18 Å². The van der Waals surface area contributed by atoms with Crippen molar-refractivity contribution in [3.8, 4) is 0 Å². The van der Waals surface area contributed by atoms with Gasteiger partial charge in [0.1, 0.15) is 17.7 Å². The predicted octanol–water partition coefficient (Wildman–Crippen LogP) is 1.63. The first-order valence-electron chi connectivity index (χ1n) is 3.91. The Kier molecular flexibility index (Phi) is 1.95. The molecule has 0 amide bonds. The molecule has 0 bridgehead atoms. The summed E-state index contributed by atoms with van der Waals surface area (Å²) >= 11 is 0. The standard InChI is InChI=1S/C8H5F3N4/c9-8(10,11)5-2-14-7(12)6-4(5)1-13-3-15-6/h1-3H,(H2,12,14). The average molecular weight is 214 g/mol. The summed E-state index contributed by atoms with van der Waals surface area (Å²) in [5.41, 5.74) is 4.53. The van der Waals surface area contributed by atoms with Crippen LogP contribution >= 0.6 is 0 Å². The minimum absolute atomic E-state index is 0.0137. The molecule has 2 aromatic rings. The summed E-state index contributed by atoms with van der Waals surface area (Å²) < 4.78 is 37.5. The maximum Gasteiger partial charge on any atom is 0.418 e. The largest absolute Gasteiger partial charge is 0.418 e. The lowest BCUT2D eigenvalue weighted by molar-refractivity contribution is -0.136. The van der Waals surface area contributed by atoms with Gasteiger partial charge in [-0.3, -0.25) is 0 Å². The molecule has 0 aliphatic rings. The van der Waals surface area contributed by atoms with Gasteiger partial charge in [0.15, 0.2) is 0 Å². The fraction of sp³-hybridized carbons (Fsp3) is 0.125. The van der Waals surface area contributed by atoms with Crippen molar-refractivity contribution in [1.29, 1.82) is 0 Å². The first kappa shape index (κ1) is 9.63. The maximum absolute atomic E-state index is 12.5. The summed E-state index contributed by atoms with van der Waals surface area (Å²) in [4.78, 5) is 10.6. The molecular weight excluding hydrogens is 209 g/mol. The number of aromatic nitrogens is 3. The summed E-state index contributed by atoms with van der Waals surface area (Å²) in [5, 5.41) is -0.141. The van der Waals surface area contributed by atoms with E-state index in [-0.39, 0.29) is 16.7 Å². The van der Waals surface area contributed by atoms with Gasteiger partial charge in [-0.05, 0) is 0 Å². The molecule has 15 heavy (non-hydrogen) atoms. The molecule has 7 heteroatoms. The molecule has 0 spiro atoms. The monoisotopic (exact) mass is 214 g/mol. The zero-order chi connectivity index (χ0) is 11.1. The van der Waals surface area contributed by atoms with Crippen molar-refractivity contribution in [1.82, 2.24) is 15.0 Å². The van der Waals surface area contributed by atoms with E-state index in [0.29, 0.717) is 6.20 Å². The number of pyridine rings is 1. The molecule has 2 heterocycles. The van der Waals surface area contributed by atoms with Gasteiger partial charge < -0.3 is 5.73 Å². The van der Waals surface area contributed by atoms with E-state index in [1.807, 2.05) is 0 Å². The van der Waals surface area contributed by atoms with Crippen LogP contribution in [0.5, 0.6) is 0 Å². The third kappa shape index (κ3) is 1.56. The summed E-state index contributed by atoms with van der Waals surface area (Å²) in [6.07, 6.45) is -1.60. The highest BCUT2D eigenvalue weighted by Crippen LogP contribution is 2.34. The van der Waals surface area contributed by atoms with E-state index in [2.05, 4.69) is 15.0 Å². The number of hydrogen-bond acceptors (Lipinski definition) is 4. The third-order valence-electron chi connectivity index (χ3n) is 1.88. The van der Waals surface area contributed by atoms with Crippen molar-refractivity contribution >= 4 is 16.7 Å². The molecule has 2 rings (SSSR count). The van der Waals surface area contributed by atoms with Crippen LogP contribution < -0.4 is 5.73 Å². The number of nitrogen functional groups attached to an aromatic ring is 1. The van der Waals surface area contributed by atoms with Gasteiger partial charge in [0, 0.05) is 17.8 Å². The number of rotatable bonds is 0. The molecule has 0 radical (unpaired) electrons. The number of halogens is 3. The second-order valence-corrected chi connectivity index (χ2v) is 2.84. The number of nitrogens with zero attached hydrogens (tertiary/aromatic N) is 3. The fourth-order valence-corrected chi connectivity index (χ4v) is 1.22. The van der Waals surface area contributed by atoms with Crippen LogP contribution in [0.2, 0.25) is 0 Å². The highest BCUT2D eigenvalue weighted by Gasteiger charge is 2.33. The van der Waals surface area contributed by atoms with E-state index in [4.69, 9.17) is 5.73 Å². The van der Waals surface area contributed by atoms with Crippen LogP contribution in [0.1, 0.15) is 5.56 Å². The van der Waals surface area contributed by atoms with Gasteiger partial charge in [0.05, 0.1) is 5.56 Å². The zero-order valence-electron chi connectivity index (χ0n) is 7.28. The van der Waals surface area contributed by atoms with Crippen molar-refractivity contribution in [2.45, 2.75) is 6.18 Å². The Morgan fingerprint density at radius 1 is 1.13 bits per heavy atom. The van der Waals surface area contributed by atoms with E-state index in [1.54, 1.807) is 0 Å². The number of fused-ring (bicyclic) bond motifs is 1. The number of alkyl halides is 3. The molecule has 0 aliphatic carbocycles. The average Bonchev–Trinajstić information content (AvgIpc) is 2.17. The van der Waals surface area contributed by atoms with Crippen molar-refractivity contribution < 1.29 is 13.2 Å². The van der Waals surface area contributed by atoms with Crippen LogP contribution in [0.4, 0.5) is 19.0 Å². The maximum atomic E-state index is 12.5. The smallest absolute Gasteiger partial charge is 0.382 e. The molecule has 0 saturated heterocycles. The van der Waals surface area contributed by atoms with Crippen LogP contribution in [-0.4, -0.2) is 15.0 Å². The number of hydrogen-bond donors (Lipinski definition) is 1. The highest BCUT2D eigenvalue weighted by molar-refractivity contribution is 5.89. The molecule has 0 saturated carbocycles. The van der Waals surface area contributed by atoms with Gasteiger partial charge in [-0.15, -0.1) is 0 Å². The lowest BCUT2D eigenvalue weighted by Gasteiger charge is -2.09. The Bertz CT molecular complexity index is 509. The Morgan fingerprint density at radius 2 is 1.87 bits per heavy atom. The Labute approximate surface area is 82.0 Å². The molecule has 0 atom stereocenters. The Hall–Kier alpha value is -1.92. The Balaban J connectivity index is 2.84. The lowest BCUT2D eigenvalue weighted by atomic mass is 10.1. The summed E-state index contributed by atoms with van der Waals surface area (Å²) in [7, 11) is 0. The quantitative estimate of drug-likeness (QED) is 0.723. The second-order valence-electron chi connectivity index (χ2n) is 2.84. The molecule has 78 valence electrons. The molecule has 4 nitrogen and oxygen atoms in total. The summed E-state index contributed by atoms with van der Waals surface area (Å²) in [6.45, 7) is 0. The topological polar surface area (TPSA) is 64.7 Å². The molecule has 0 aliphatic heterocycles. The molecular formula is C8H5F3N4. The minimum Gasteiger partial charge on any atom is -0.382 e. The van der Waals surface area contributed by atoms with Crippen molar-refractivity contribution in [3.63, 3.8) is 0 Å². The first-order valence-corrected chi connectivity index (χ1v) is 3.91. The van der Waals surface area contributed by atoms with Crippen LogP contribution in [0.15, 0.2) is 18.7 Å². The zero-order valence-corrected chi connectivity index (χ0v) is 7.28. The normalized spacial score (nSPS) is 11.9. The second kappa shape index (κ2) is 3.04. The SMILES string of the molecule is Nc1ncc(C(F)(F)F)c2cncnc12. The molecule has 0 fully saturated rings. The minimum atomic E-state index is -4.48. The van der Waals surface area contributed by atoms with Gasteiger partial charge in [-0.2, -0.15) is 13.2 Å². The van der Waals surface area contributed by atoms with E-state index in [0.717, 1.165) is 12.5 Å². The van der Waals surface area contributed by atoms with Gasteiger partial charge in [0.2, 0.25) is 0 Å². The first-order chi connectivity index (χ1) is 7.00. The third-order valence-corrected chi connectivity index (χ3v) is 1.88. The summed E-state index contributed by atoms with van der Waals surface area (Å²) in [5.74, 6) is -0.0413. The summed E-state index contributed by atoms with van der Waals surface area (Å²) in [6, 6.07) is 0. The van der Waals surface area contributed by atoms with Gasteiger partial charge >= 0.3 is 6.18 Å². The lowest BCUT2D eigenvalue weighted by Crippen LogP contribution is -2.08. The van der Waals surface area contributed by atoms with Crippen LogP contribution in [0.25, 0.3) is 10.9 Å². The van der Waals surface area contributed by atoms with Gasteiger partial charge in [-0.1, -0.05) is 0 Å². The van der Waals surface area contributed by atoms with Crippen molar-refractivity contribution in [3.05, 3.63) is 24.3 Å². The van der Waals surface area contributed by atoms with Crippen molar-refractivity contribution in [2.24, 2.45) is 0 Å². The predicted molar refractivity (Wildman–Crippen MR) is 46.7 cm³/mol. The van der Waals surface area contributed by atoms with E-state index in [9.17, 15) is 13.2 Å². The number of anilines is 1. The van der Waals surface area contributed by atoms with Gasteiger partial charge in [0.25, 0.3) is 0 Å². The molecule has 0 aromatic carbocycles. The molecule has 0 unspecified atom stereocenters. The molecule has 2 aromatic heterocycles. The van der Waals surface area contributed by atoms with Crippen LogP contribution in [0, 0.1) is 0 Å². The molecule has 2 N–H and O–H groups in total. The number of nitrogens with two attached hydrogens (primary N) is 1. The van der Waals surface area contributed by atoms with Gasteiger partial charge in [-0.25, -0.2) is 15.0 Å². The van der Waals surface area contributed by atoms with E-state index < -0.39 is 11.7 Å². The fourth-order valence-electron chi connectivity index (χ4n) is 1.22. The van der Waals surface area contributed by atoms with Crippen molar-refractivity contribution in [2.75, 3.05) is 5.73 Å². The van der Waals surface area contributed by atoms with Crippen LogP contribution in [0.3, 0.4) is 0 Å². The highest BCUT2D eigenvalue weighted by atomic mass is 19.4. The van der Waals surface area contributed by atoms with E-state index in [1.165, 1.54) is 0 Å².